The van der Waals surface area contributed by atoms with Crippen molar-refractivity contribution in [1.29, 1.82) is 0 Å². The highest BCUT2D eigenvalue weighted by Crippen LogP contribution is 2.14. The lowest BCUT2D eigenvalue weighted by atomic mass is 10.3. The van der Waals surface area contributed by atoms with E-state index in [1.165, 1.54) is 11.3 Å². The second kappa shape index (κ2) is 3.87. The van der Waals surface area contributed by atoms with Crippen LogP contribution in [0.1, 0.15) is 24.3 Å². The van der Waals surface area contributed by atoms with E-state index >= 15 is 0 Å². The minimum absolute atomic E-state index is 0.123. The van der Waals surface area contributed by atoms with Crippen molar-refractivity contribution in [3.63, 3.8) is 0 Å². The molecule has 0 aliphatic heterocycles. The molecular weight excluding hydrogens is 196 g/mol. The predicted molar refractivity (Wildman–Crippen MR) is 49.7 cm³/mol. The molecule has 1 N–H and O–H groups in total. The second-order valence-corrected chi connectivity index (χ2v) is 4.05. The molecule has 0 aromatic carbocycles. The van der Waals surface area contributed by atoms with E-state index in [4.69, 9.17) is 11.6 Å². The van der Waals surface area contributed by atoms with Crippen LogP contribution in [0.25, 0.3) is 0 Å². The zero-order valence-corrected chi connectivity index (χ0v) is 8.37. The first-order valence-corrected chi connectivity index (χ1v) is 4.77. The maximum atomic E-state index is 11.2. The van der Waals surface area contributed by atoms with Crippen LogP contribution in [-0.4, -0.2) is 16.9 Å². The molecule has 5 heteroatoms. The van der Waals surface area contributed by atoms with Crippen LogP contribution in [0.4, 0.5) is 0 Å². The molecule has 1 aromatic heterocycles. The van der Waals surface area contributed by atoms with Crippen LogP contribution in [-0.2, 0) is 0 Å². The fourth-order valence-electron chi connectivity index (χ4n) is 0.692. The van der Waals surface area contributed by atoms with Crippen molar-refractivity contribution in [3.8, 4) is 0 Å². The number of hydrogen-bond acceptors (Lipinski definition) is 3. The summed E-state index contributed by atoms with van der Waals surface area (Å²) < 4.78 is 0.393. The first-order valence-electron chi connectivity index (χ1n) is 3.51. The first-order chi connectivity index (χ1) is 5.59. The van der Waals surface area contributed by atoms with Gasteiger partial charge in [-0.25, -0.2) is 4.98 Å². The lowest BCUT2D eigenvalue weighted by molar-refractivity contribution is 0.0939. The van der Waals surface area contributed by atoms with E-state index in [2.05, 4.69) is 10.3 Å². The Morgan fingerprint density at radius 2 is 2.42 bits per heavy atom. The summed E-state index contributed by atoms with van der Waals surface area (Å²) >= 11 is 6.82. The van der Waals surface area contributed by atoms with Gasteiger partial charge in [-0.15, -0.1) is 11.3 Å². The zero-order valence-electron chi connectivity index (χ0n) is 6.80. The maximum Gasteiger partial charge on any atom is 0.271 e. The Kier molecular flexibility index (Phi) is 3.05. The van der Waals surface area contributed by atoms with Gasteiger partial charge in [-0.3, -0.25) is 4.79 Å². The van der Waals surface area contributed by atoms with Gasteiger partial charge in [0.05, 0.1) is 0 Å². The SMILES string of the molecule is CC(C)NC(=O)c1csc(Cl)n1. The Hall–Kier alpha value is -0.610. The molecule has 12 heavy (non-hydrogen) atoms. The van der Waals surface area contributed by atoms with E-state index in [-0.39, 0.29) is 11.9 Å². The van der Waals surface area contributed by atoms with Gasteiger partial charge in [-0.05, 0) is 13.8 Å². The Balaban J connectivity index is 2.65. The molecule has 0 atom stereocenters. The van der Waals surface area contributed by atoms with Gasteiger partial charge in [0.2, 0.25) is 0 Å². The maximum absolute atomic E-state index is 11.2. The quantitative estimate of drug-likeness (QED) is 0.800. The molecule has 1 aromatic rings. The predicted octanol–water partition coefficient (Wildman–Crippen LogP) is 1.93. The molecule has 3 nitrogen and oxygen atoms in total. The molecule has 0 aliphatic carbocycles. The summed E-state index contributed by atoms with van der Waals surface area (Å²) in [5.41, 5.74) is 0.388. The molecule has 0 aliphatic rings. The fourth-order valence-corrected chi connectivity index (χ4v) is 1.44. The van der Waals surface area contributed by atoms with Crippen LogP contribution in [0.3, 0.4) is 0 Å². The van der Waals surface area contributed by atoms with Gasteiger partial charge in [0.15, 0.2) is 4.47 Å². The standard InChI is InChI=1S/C7H9ClN2OS/c1-4(2)9-6(11)5-3-12-7(8)10-5/h3-4H,1-2H3,(H,9,11). The number of carbonyl (C=O) groups excluding carboxylic acids is 1. The largest absolute Gasteiger partial charge is 0.349 e. The summed E-state index contributed by atoms with van der Waals surface area (Å²) in [6.07, 6.45) is 0. The molecule has 0 saturated heterocycles. The summed E-state index contributed by atoms with van der Waals surface area (Å²) in [6, 6.07) is 0.123. The lowest BCUT2D eigenvalue weighted by Gasteiger charge is -2.04. The van der Waals surface area contributed by atoms with E-state index < -0.39 is 0 Å². The Bertz CT molecular complexity index is 285. The van der Waals surface area contributed by atoms with Crippen molar-refractivity contribution < 1.29 is 4.79 Å². The molecular formula is C7H9ClN2OS. The average Bonchev–Trinajstić information content (AvgIpc) is 2.34. The zero-order chi connectivity index (χ0) is 9.14. The minimum Gasteiger partial charge on any atom is -0.349 e. The van der Waals surface area contributed by atoms with Crippen LogP contribution in [0.2, 0.25) is 4.47 Å². The molecule has 1 amide bonds. The molecule has 0 bridgehead atoms. The van der Waals surface area contributed by atoms with Crippen LogP contribution in [0.15, 0.2) is 5.38 Å². The van der Waals surface area contributed by atoms with Gasteiger partial charge in [0, 0.05) is 11.4 Å². The van der Waals surface area contributed by atoms with Crippen molar-refractivity contribution in [2.45, 2.75) is 19.9 Å². The summed E-state index contributed by atoms with van der Waals surface area (Å²) in [7, 11) is 0. The van der Waals surface area contributed by atoms with Crippen molar-refractivity contribution in [3.05, 3.63) is 15.5 Å². The number of amides is 1. The van der Waals surface area contributed by atoms with E-state index in [9.17, 15) is 4.79 Å². The van der Waals surface area contributed by atoms with Gasteiger partial charge in [0.25, 0.3) is 5.91 Å². The Morgan fingerprint density at radius 1 is 1.75 bits per heavy atom. The smallest absolute Gasteiger partial charge is 0.271 e. The fraction of sp³-hybridized carbons (Fsp3) is 0.429. The highest BCUT2D eigenvalue weighted by molar-refractivity contribution is 7.14. The molecule has 0 radical (unpaired) electrons. The van der Waals surface area contributed by atoms with E-state index in [0.29, 0.717) is 10.2 Å². The number of hydrogen-bond donors (Lipinski definition) is 1. The van der Waals surface area contributed by atoms with E-state index in [0.717, 1.165) is 0 Å². The third-order valence-corrected chi connectivity index (χ3v) is 2.11. The number of nitrogens with zero attached hydrogens (tertiary/aromatic N) is 1. The topological polar surface area (TPSA) is 42.0 Å². The number of thiazole rings is 1. The first kappa shape index (κ1) is 9.48. The molecule has 0 fully saturated rings. The normalized spacial score (nSPS) is 10.3. The summed E-state index contributed by atoms with van der Waals surface area (Å²) in [4.78, 5) is 15.1. The molecule has 1 rings (SSSR count). The van der Waals surface area contributed by atoms with Crippen molar-refractivity contribution >= 4 is 28.8 Å². The van der Waals surface area contributed by atoms with Gasteiger partial charge in [-0.2, -0.15) is 0 Å². The van der Waals surface area contributed by atoms with Gasteiger partial charge in [-0.1, -0.05) is 11.6 Å². The Morgan fingerprint density at radius 3 is 2.83 bits per heavy atom. The molecule has 0 unspecified atom stereocenters. The number of carbonyl (C=O) groups is 1. The van der Waals surface area contributed by atoms with Gasteiger partial charge in [0.1, 0.15) is 5.69 Å². The molecule has 0 spiro atoms. The average molecular weight is 205 g/mol. The molecule has 0 saturated carbocycles. The molecule has 66 valence electrons. The third kappa shape index (κ3) is 2.46. The highest BCUT2D eigenvalue weighted by atomic mass is 35.5. The van der Waals surface area contributed by atoms with E-state index in [1.54, 1.807) is 5.38 Å². The summed E-state index contributed by atoms with van der Waals surface area (Å²) in [5, 5.41) is 4.36. The van der Waals surface area contributed by atoms with Crippen LogP contribution in [0.5, 0.6) is 0 Å². The van der Waals surface area contributed by atoms with E-state index in [1.807, 2.05) is 13.8 Å². The number of nitrogens with one attached hydrogen (secondary N) is 1. The minimum atomic E-state index is -0.173. The lowest BCUT2D eigenvalue weighted by Crippen LogP contribution is -2.30. The van der Waals surface area contributed by atoms with Crippen LogP contribution >= 0.6 is 22.9 Å². The van der Waals surface area contributed by atoms with Crippen LogP contribution in [0, 0.1) is 0 Å². The number of halogens is 1. The van der Waals surface area contributed by atoms with Gasteiger partial charge >= 0.3 is 0 Å². The molecule has 1 heterocycles. The Labute approximate surface area is 79.8 Å². The van der Waals surface area contributed by atoms with Crippen molar-refractivity contribution in [2.75, 3.05) is 0 Å². The second-order valence-electron chi connectivity index (χ2n) is 2.61. The summed E-state index contributed by atoms with van der Waals surface area (Å²) in [6.45, 7) is 3.79. The monoisotopic (exact) mass is 204 g/mol. The van der Waals surface area contributed by atoms with Crippen molar-refractivity contribution in [2.24, 2.45) is 0 Å². The number of rotatable bonds is 2. The highest BCUT2D eigenvalue weighted by Gasteiger charge is 2.09. The summed E-state index contributed by atoms with van der Waals surface area (Å²) in [5.74, 6) is -0.173. The third-order valence-electron chi connectivity index (χ3n) is 1.13. The number of aromatic nitrogens is 1. The van der Waals surface area contributed by atoms with Crippen LogP contribution < -0.4 is 5.32 Å². The van der Waals surface area contributed by atoms with Crippen molar-refractivity contribution in [1.82, 2.24) is 10.3 Å². The van der Waals surface area contributed by atoms with Gasteiger partial charge < -0.3 is 5.32 Å².